The van der Waals surface area contributed by atoms with Crippen molar-refractivity contribution in [2.45, 2.75) is 119 Å². The van der Waals surface area contributed by atoms with Crippen LogP contribution in [-0.2, 0) is 14.0 Å². The summed E-state index contributed by atoms with van der Waals surface area (Å²) in [5.41, 5.74) is -0.540. The van der Waals surface area contributed by atoms with Crippen molar-refractivity contribution in [3.8, 4) is 5.75 Å². The molecule has 0 bridgehead atoms. The Balaban J connectivity index is 2.33. The summed E-state index contributed by atoms with van der Waals surface area (Å²) in [5.74, 6) is -61.0. The minimum atomic E-state index is -8.73. The third-order valence-electron chi connectivity index (χ3n) is 10.5. The first kappa shape index (κ1) is 57.7. The van der Waals surface area contributed by atoms with Gasteiger partial charge in [-0.1, -0.05) is 52.3 Å². The van der Waals surface area contributed by atoms with Gasteiger partial charge in [0.05, 0.1) is 12.3 Å². The van der Waals surface area contributed by atoms with Gasteiger partial charge in [-0.15, -0.1) is 0 Å². The molecular formula is C38H41F19N2O6Si. The Morgan fingerprint density at radius 3 is 1.64 bits per heavy atom. The molecule has 376 valence electrons. The average molecular weight is 1010 g/mol. The first-order valence-corrected chi connectivity index (χ1v) is 21.1. The van der Waals surface area contributed by atoms with Crippen LogP contribution in [0, 0.1) is 17.6 Å². The van der Waals surface area contributed by atoms with Crippen LogP contribution < -0.4 is 15.5 Å². The predicted molar refractivity (Wildman–Crippen MR) is 196 cm³/mol. The largest absolute Gasteiger partial charge is 0.491 e. The molecule has 2 aromatic carbocycles. The monoisotopic (exact) mass is 1010 g/mol. The van der Waals surface area contributed by atoms with Crippen LogP contribution in [-0.4, -0.2) is 86.4 Å². The van der Waals surface area contributed by atoms with Crippen molar-refractivity contribution in [3.05, 3.63) is 71.3 Å². The lowest BCUT2D eigenvalue weighted by molar-refractivity contribution is -0.461. The quantitative estimate of drug-likeness (QED) is 0.0271. The van der Waals surface area contributed by atoms with E-state index in [0.717, 1.165) is 18.2 Å². The number of anilines is 1. The number of halogens is 19. The predicted octanol–water partition coefficient (Wildman–Crippen LogP) is 12.9. The number of hydrogen-bond donors (Lipinski definition) is 3. The average Bonchev–Trinajstić information content (AvgIpc) is 3.19. The lowest BCUT2D eigenvalue weighted by atomic mass is 9.88. The molecule has 2 aromatic rings. The van der Waals surface area contributed by atoms with Crippen LogP contribution in [0.2, 0.25) is 17.1 Å². The molecule has 0 aliphatic carbocycles. The number of hydroxylamine groups is 1. The normalized spacial score (nSPS) is 15.2. The third kappa shape index (κ3) is 11.3. The highest BCUT2D eigenvalue weighted by Crippen LogP contribution is 2.64. The minimum absolute atomic E-state index is 0.00424. The highest BCUT2D eigenvalue weighted by Gasteiger charge is 2.95. The molecule has 0 spiro atoms. The zero-order chi connectivity index (χ0) is 51.4. The molecule has 8 nitrogen and oxygen atoms in total. The van der Waals surface area contributed by atoms with E-state index in [2.05, 4.69) is 5.32 Å². The molecule has 2 amide bonds. The Morgan fingerprint density at radius 1 is 0.697 bits per heavy atom. The van der Waals surface area contributed by atoms with Crippen LogP contribution in [0.4, 0.5) is 93.9 Å². The van der Waals surface area contributed by atoms with E-state index in [1.54, 1.807) is 0 Å². The smallest absolute Gasteiger partial charge is 0.460 e. The van der Waals surface area contributed by atoms with E-state index in [9.17, 15) is 93.0 Å². The van der Waals surface area contributed by atoms with E-state index in [-0.39, 0.29) is 16.9 Å². The first-order chi connectivity index (χ1) is 29.7. The second kappa shape index (κ2) is 20.4. The van der Waals surface area contributed by atoms with Crippen LogP contribution >= 0.6 is 0 Å². The molecule has 0 saturated carbocycles. The van der Waals surface area contributed by atoms with E-state index in [4.69, 9.17) is 19.1 Å². The number of nitrogens with one attached hydrogen (secondary N) is 2. The Hall–Kier alpha value is -4.47. The fourth-order valence-corrected chi connectivity index (χ4v) is 10.9. The van der Waals surface area contributed by atoms with Gasteiger partial charge in [-0.2, -0.15) is 74.6 Å². The molecule has 28 heteroatoms. The van der Waals surface area contributed by atoms with E-state index in [1.807, 2.05) is 0 Å². The Kier molecular flexibility index (Phi) is 17.8. The Labute approximate surface area is 363 Å². The number of amides is 2. The fourth-order valence-electron chi connectivity index (χ4n) is 6.41. The lowest BCUT2D eigenvalue weighted by Crippen LogP contribution is -2.74. The SMILES string of the molecule is C/C(=C\C(=O)NO)[C@H](C)[C@@H](OC(=O)Nc1ccc(F)cc1F)c1ccc(OCCO[Si](CCC(F)(F)C(F)(F)C(F)(F)C(F)(F)C(F)(F)C(F)(F)C(F)(F)C(F)(F)F)(C(C)C)C(C)C)cc1. The van der Waals surface area contributed by atoms with Gasteiger partial charge in [-0.25, -0.2) is 19.1 Å². The summed E-state index contributed by atoms with van der Waals surface area (Å²) in [7, 11) is -4.07. The third-order valence-corrected chi connectivity index (χ3v) is 16.2. The molecular weight excluding hydrogens is 969 g/mol. The molecule has 0 aliphatic rings. The second-order valence-electron chi connectivity index (χ2n) is 15.4. The van der Waals surface area contributed by atoms with Crippen LogP contribution in [0.25, 0.3) is 0 Å². The van der Waals surface area contributed by atoms with Crippen molar-refractivity contribution < 1.29 is 112 Å². The molecule has 0 fully saturated rings. The highest BCUT2D eigenvalue weighted by atomic mass is 28.4. The van der Waals surface area contributed by atoms with E-state index in [0.29, 0.717) is 6.07 Å². The van der Waals surface area contributed by atoms with Crippen LogP contribution in [0.15, 0.2) is 54.1 Å². The zero-order valence-electron chi connectivity index (χ0n) is 34.9. The highest BCUT2D eigenvalue weighted by molar-refractivity contribution is 6.76. The van der Waals surface area contributed by atoms with Crippen LogP contribution in [0.1, 0.15) is 59.6 Å². The van der Waals surface area contributed by atoms with Crippen molar-refractivity contribution >= 4 is 26.0 Å². The van der Waals surface area contributed by atoms with E-state index >= 15 is 0 Å². The summed E-state index contributed by atoms with van der Waals surface area (Å²) in [6.07, 6.45) is -12.0. The molecule has 66 heavy (non-hydrogen) atoms. The number of ether oxygens (including phenoxy) is 2. The van der Waals surface area contributed by atoms with Crippen molar-refractivity contribution in [1.82, 2.24) is 5.48 Å². The number of benzene rings is 2. The summed E-state index contributed by atoms with van der Waals surface area (Å²) in [4.78, 5) is 24.6. The minimum Gasteiger partial charge on any atom is -0.491 e. The Morgan fingerprint density at radius 2 is 1.18 bits per heavy atom. The van der Waals surface area contributed by atoms with Crippen molar-refractivity contribution in [3.63, 3.8) is 0 Å². The van der Waals surface area contributed by atoms with E-state index in [1.165, 1.54) is 71.3 Å². The van der Waals surface area contributed by atoms with Gasteiger partial charge < -0.3 is 13.9 Å². The molecule has 0 unspecified atom stereocenters. The van der Waals surface area contributed by atoms with Gasteiger partial charge >= 0.3 is 53.7 Å². The molecule has 2 rings (SSSR count). The van der Waals surface area contributed by atoms with Gasteiger partial charge in [0.25, 0.3) is 5.91 Å². The zero-order valence-corrected chi connectivity index (χ0v) is 35.9. The summed E-state index contributed by atoms with van der Waals surface area (Å²) in [5, 5.41) is 11.0. The molecule has 0 heterocycles. The molecule has 3 N–H and O–H groups in total. The number of alkyl halides is 17. The number of carbonyl (C=O) groups is 2. The summed E-state index contributed by atoms with van der Waals surface area (Å²) in [6.45, 7) is 6.90. The second-order valence-corrected chi connectivity index (χ2v) is 20.4. The number of carbonyl (C=O) groups excluding carboxylic acids is 2. The topological polar surface area (TPSA) is 106 Å². The van der Waals surface area contributed by atoms with Crippen LogP contribution in [0.5, 0.6) is 5.75 Å². The summed E-state index contributed by atoms with van der Waals surface area (Å²) >= 11 is 0. The maximum atomic E-state index is 15.0. The maximum absolute atomic E-state index is 15.0. The summed E-state index contributed by atoms with van der Waals surface area (Å²) in [6, 6.07) is 6.02. The van der Waals surface area contributed by atoms with Gasteiger partial charge in [0.15, 0.2) is 8.32 Å². The van der Waals surface area contributed by atoms with Crippen LogP contribution in [0.3, 0.4) is 0 Å². The maximum Gasteiger partial charge on any atom is 0.460 e. The van der Waals surface area contributed by atoms with Gasteiger partial charge in [-0.3, -0.25) is 15.3 Å². The number of rotatable bonds is 22. The molecule has 0 aromatic heterocycles. The molecule has 0 aliphatic heterocycles. The van der Waals surface area contributed by atoms with Crippen molar-refractivity contribution in [2.75, 3.05) is 18.5 Å². The van der Waals surface area contributed by atoms with Gasteiger partial charge in [-0.05, 0) is 53.9 Å². The van der Waals surface area contributed by atoms with Crippen molar-refractivity contribution in [2.24, 2.45) is 5.92 Å². The molecule has 0 radical (unpaired) electrons. The van der Waals surface area contributed by atoms with E-state index < -0.39 is 134 Å². The lowest BCUT2D eigenvalue weighted by Gasteiger charge is -2.44. The molecule has 2 atom stereocenters. The molecule has 0 saturated heterocycles. The fraction of sp³-hybridized carbons (Fsp3) is 0.579. The van der Waals surface area contributed by atoms with Gasteiger partial charge in [0, 0.05) is 24.5 Å². The Bertz CT molecular complexity index is 2010. The standard InChI is InChI=1S/C38H41F19N2O6Si/c1-19(2)66(20(3)4,16-13-31(41,42)32(43,44)33(45,46)34(47,48)35(49,50)36(51,52)37(53,54)38(55,56)57)64-15-14-63-25-10-7-23(8-11-25)29(22(6)21(5)17-28(60)59-62)65-30(61)58-27-12-9-24(39)18-26(27)40/h7-12,17-20,22,29,62H,13-16H2,1-6H3,(H,58,61)(H,59,60)/b21-17+/t22-,29+/m0/s1. The first-order valence-electron chi connectivity index (χ1n) is 18.9. The number of hydrogen-bond acceptors (Lipinski definition) is 6. The van der Waals surface area contributed by atoms with Gasteiger partial charge in [0.2, 0.25) is 0 Å². The van der Waals surface area contributed by atoms with Gasteiger partial charge in [0.1, 0.15) is 30.1 Å². The summed E-state index contributed by atoms with van der Waals surface area (Å²) < 4.78 is 280. The van der Waals surface area contributed by atoms with Crippen molar-refractivity contribution in [1.29, 1.82) is 0 Å².